The minimum absolute atomic E-state index is 0.190. The first-order chi connectivity index (χ1) is 11.2. The van der Waals surface area contributed by atoms with Crippen molar-refractivity contribution >= 4 is 27.3 Å². The summed E-state index contributed by atoms with van der Waals surface area (Å²) in [4.78, 5) is 0.190. The van der Waals surface area contributed by atoms with Gasteiger partial charge in [0.15, 0.2) is 0 Å². The number of aryl methyl sites for hydroxylation is 3. The number of halogens is 1. The average Bonchev–Trinajstić information content (AvgIpc) is 2.52. The van der Waals surface area contributed by atoms with E-state index < -0.39 is 10.0 Å². The van der Waals surface area contributed by atoms with Crippen molar-refractivity contribution in [2.75, 3.05) is 18.9 Å². The lowest BCUT2D eigenvalue weighted by Crippen LogP contribution is -2.15. The van der Waals surface area contributed by atoms with Crippen LogP contribution in [0.25, 0.3) is 0 Å². The van der Waals surface area contributed by atoms with E-state index in [1.165, 1.54) is 7.11 Å². The van der Waals surface area contributed by atoms with E-state index in [0.29, 0.717) is 27.8 Å². The molecule has 1 N–H and O–H groups in total. The van der Waals surface area contributed by atoms with Gasteiger partial charge in [0.05, 0.1) is 24.8 Å². The van der Waals surface area contributed by atoms with Crippen LogP contribution in [0.2, 0.25) is 5.02 Å². The molecule has 0 saturated carbocycles. The summed E-state index contributed by atoms with van der Waals surface area (Å²) in [5, 5.41) is 0.506. The molecule has 0 aliphatic heterocycles. The Labute approximate surface area is 147 Å². The summed E-state index contributed by atoms with van der Waals surface area (Å²) >= 11 is 6.06. The van der Waals surface area contributed by atoms with E-state index in [9.17, 15) is 8.42 Å². The molecule has 0 spiro atoms. The third kappa shape index (κ3) is 3.60. The third-order valence-corrected chi connectivity index (χ3v) is 5.62. The molecular formula is C17H20ClNO4S. The Morgan fingerprint density at radius 3 is 2.08 bits per heavy atom. The summed E-state index contributed by atoms with van der Waals surface area (Å²) < 4.78 is 38.6. The summed E-state index contributed by atoms with van der Waals surface area (Å²) in [6.45, 7) is 5.31. The van der Waals surface area contributed by atoms with E-state index in [2.05, 4.69) is 4.72 Å². The maximum atomic E-state index is 12.8. The number of sulfonamides is 1. The largest absolute Gasteiger partial charge is 0.496 e. The van der Waals surface area contributed by atoms with Crippen molar-refractivity contribution in [1.82, 2.24) is 0 Å². The van der Waals surface area contributed by atoms with E-state index in [4.69, 9.17) is 21.1 Å². The normalized spacial score (nSPS) is 11.2. The Hall–Kier alpha value is -1.92. The van der Waals surface area contributed by atoms with Crippen LogP contribution in [0.1, 0.15) is 16.7 Å². The molecule has 0 amide bonds. The van der Waals surface area contributed by atoms with Crippen molar-refractivity contribution in [3.8, 4) is 11.5 Å². The molecule has 0 unspecified atom stereocenters. The minimum Gasteiger partial charge on any atom is -0.496 e. The zero-order chi connectivity index (χ0) is 18.1. The van der Waals surface area contributed by atoms with Crippen LogP contribution in [0.3, 0.4) is 0 Å². The predicted molar refractivity (Wildman–Crippen MR) is 96.0 cm³/mol. The highest BCUT2D eigenvalue weighted by atomic mass is 35.5. The molecule has 0 aromatic heterocycles. The number of nitrogens with one attached hydrogen (secondary N) is 1. The molecule has 0 radical (unpaired) electrons. The molecule has 0 bridgehead atoms. The number of anilines is 1. The van der Waals surface area contributed by atoms with E-state index >= 15 is 0 Å². The fourth-order valence-electron chi connectivity index (χ4n) is 2.38. The highest BCUT2D eigenvalue weighted by Crippen LogP contribution is 2.33. The molecule has 24 heavy (non-hydrogen) atoms. The fourth-order valence-corrected chi connectivity index (χ4v) is 3.91. The van der Waals surface area contributed by atoms with Gasteiger partial charge in [0.25, 0.3) is 10.0 Å². The molecule has 0 aliphatic rings. The highest BCUT2D eigenvalue weighted by Gasteiger charge is 2.21. The number of hydrogen-bond donors (Lipinski definition) is 1. The van der Waals surface area contributed by atoms with Crippen LogP contribution in [0.4, 0.5) is 5.69 Å². The second-order valence-corrected chi connectivity index (χ2v) is 7.55. The molecule has 0 heterocycles. The number of ether oxygens (including phenoxy) is 2. The molecule has 130 valence electrons. The number of rotatable bonds is 5. The standard InChI is InChI=1S/C17H20ClNO4S/c1-10-6-14(16(23-5)9-13(10)18)19-24(20,21)17-8-11(2)15(22-4)7-12(17)3/h6-9,19H,1-5H3. The first-order valence-electron chi connectivity index (χ1n) is 7.21. The topological polar surface area (TPSA) is 64.6 Å². The van der Waals surface area contributed by atoms with Gasteiger partial charge in [0, 0.05) is 11.1 Å². The Kier molecular flexibility index (Phi) is 5.30. The molecule has 0 saturated heterocycles. The predicted octanol–water partition coefficient (Wildman–Crippen LogP) is 4.08. The lowest BCUT2D eigenvalue weighted by atomic mass is 10.1. The van der Waals surface area contributed by atoms with E-state index in [0.717, 1.165) is 11.1 Å². The first-order valence-corrected chi connectivity index (χ1v) is 9.08. The fraction of sp³-hybridized carbons (Fsp3) is 0.294. The monoisotopic (exact) mass is 369 g/mol. The maximum Gasteiger partial charge on any atom is 0.262 e. The zero-order valence-electron chi connectivity index (χ0n) is 14.2. The molecule has 2 aromatic carbocycles. The molecule has 2 rings (SSSR count). The van der Waals surface area contributed by atoms with Crippen LogP contribution in [0.15, 0.2) is 29.2 Å². The number of benzene rings is 2. The van der Waals surface area contributed by atoms with Gasteiger partial charge in [-0.25, -0.2) is 8.42 Å². The highest BCUT2D eigenvalue weighted by molar-refractivity contribution is 7.92. The van der Waals surface area contributed by atoms with Gasteiger partial charge in [0.1, 0.15) is 11.5 Å². The van der Waals surface area contributed by atoms with Crippen molar-refractivity contribution in [2.45, 2.75) is 25.7 Å². The van der Waals surface area contributed by atoms with Gasteiger partial charge < -0.3 is 9.47 Å². The van der Waals surface area contributed by atoms with E-state index in [-0.39, 0.29) is 4.90 Å². The second-order valence-electron chi connectivity index (χ2n) is 5.49. The smallest absolute Gasteiger partial charge is 0.262 e. The molecule has 0 fully saturated rings. The van der Waals surface area contributed by atoms with Crippen LogP contribution in [0, 0.1) is 20.8 Å². The summed E-state index contributed by atoms with van der Waals surface area (Å²) in [5.74, 6) is 1.00. The van der Waals surface area contributed by atoms with E-state index in [1.54, 1.807) is 52.1 Å². The van der Waals surface area contributed by atoms with Crippen molar-refractivity contribution < 1.29 is 17.9 Å². The van der Waals surface area contributed by atoms with Crippen molar-refractivity contribution in [3.05, 3.63) is 46.0 Å². The summed E-state index contributed by atoms with van der Waals surface area (Å²) in [6, 6.07) is 6.52. The van der Waals surface area contributed by atoms with Crippen LogP contribution >= 0.6 is 11.6 Å². The van der Waals surface area contributed by atoms with Crippen LogP contribution < -0.4 is 14.2 Å². The quantitative estimate of drug-likeness (QED) is 0.862. The van der Waals surface area contributed by atoms with Gasteiger partial charge in [-0.3, -0.25) is 4.72 Å². The Morgan fingerprint density at radius 1 is 0.875 bits per heavy atom. The average molecular weight is 370 g/mol. The van der Waals surface area contributed by atoms with Gasteiger partial charge in [0.2, 0.25) is 0 Å². The summed E-state index contributed by atoms with van der Waals surface area (Å²) in [7, 11) is -0.771. The molecule has 2 aromatic rings. The Balaban J connectivity index is 2.50. The van der Waals surface area contributed by atoms with Gasteiger partial charge in [-0.2, -0.15) is 0 Å². The third-order valence-electron chi connectivity index (χ3n) is 3.71. The molecule has 7 heteroatoms. The van der Waals surface area contributed by atoms with Crippen LogP contribution in [-0.2, 0) is 10.0 Å². The lowest BCUT2D eigenvalue weighted by molar-refractivity contribution is 0.411. The minimum atomic E-state index is -3.78. The SMILES string of the molecule is COc1cc(C)c(S(=O)(=O)Nc2cc(C)c(Cl)cc2OC)cc1C. The van der Waals surface area contributed by atoms with E-state index in [1.807, 2.05) is 0 Å². The summed E-state index contributed by atoms with van der Waals surface area (Å²) in [5.41, 5.74) is 2.42. The Morgan fingerprint density at radius 2 is 1.50 bits per heavy atom. The molecule has 0 aliphatic carbocycles. The number of hydrogen-bond acceptors (Lipinski definition) is 4. The van der Waals surface area contributed by atoms with Gasteiger partial charge in [-0.05, 0) is 55.7 Å². The molecule has 5 nitrogen and oxygen atoms in total. The Bertz CT molecular complexity index is 879. The lowest BCUT2D eigenvalue weighted by Gasteiger charge is -2.16. The van der Waals surface area contributed by atoms with Crippen molar-refractivity contribution in [1.29, 1.82) is 0 Å². The van der Waals surface area contributed by atoms with Gasteiger partial charge >= 0.3 is 0 Å². The summed E-state index contributed by atoms with van der Waals surface area (Å²) in [6.07, 6.45) is 0. The number of methoxy groups -OCH3 is 2. The van der Waals surface area contributed by atoms with Gasteiger partial charge in [-0.15, -0.1) is 0 Å². The zero-order valence-corrected chi connectivity index (χ0v) is 15.8. The van der Waals surface area contributed by atoms with Gasteiger partial charge in [-0.1, -0.05) is 11.6 Å². The van der Waals surface area contributed by atoms with Crippen LogP contribution in [-0.4, -0.2) is 22.6 Å². The van der Waals surface area contributed by atoms with Crippen molar-refractivity contribution in [2.24, 2.45) is 0 Å². The molecule has 0 atom stereocenters. The first kappa shape index (κ1) is 18.4. The second kappa shape index (κ2) is 6.91. The van der Waals surface area contributed by atoms with Crippen molar-refractivity contribution in [3.63, 3.8) is 0 Å². The molecular weight excluding hydrogens is 350 g/mol. The maximum absolute atomic E-state index is 12.8. The van der Waals surface area contributed by atoms with Crippen LogP contribution in [0.5, 0.6) is 11.5 Å².